The Bertz CT molecular complexity index is 508. The zero-order valence-electron chi connectivity index (χ0n) is 10.6. The Morgan fingerprint density at radius 1 is 1.37 bits per heavy atom. The van der Waals surface area contributed by atoms with Gasteiger partial charge in [-0.1, -0.05) is 6.92 Å². The van der Waals surface area contributed by atoms with Gasteiger partial charge in [-0.15, -0.1) is 10.2 Å². The summed E-state index contributed by atoms with van der Waals surface area (Å²) in [6.07, 6.45) is 2.05. The number of aromatic nitrogens is 2. The summed E-state index contributed by atoms with van der Waals surface area (Å²) in [5.74, 6) is 1.08. The SMILES string of the molecule is CCC(=O)NCCOc1ccc(-c2ccco2)nn1. The molecular formula is C13H15N3O3. The van der Waals surface area contributed by atoms with Crippen LogP contribution in [0.1, 0.15) is 13.3 Å². The van der Waals surface area contributed by atoms with Crippen LogP contribution in [0, 0.1) is 0 Å². The Kier molecular flexibility index (Phi) is 4.49. The minimum atomic E-state index is 0.00264. The maximum Gasteiger partial charge on any atom is 0.233 e. The Morgan fingerprint density at radius 3 is 2.89 bits per heavy atom. The number of rotatable bonds is 6. The van der Waals surface area contributed by atoms with Gasteiger partial charge in [-0.05, 0) is 18.2 Å². The number of carbonyl (C=O) groups is 1. The van der Waals surface area contributed by atoms with Gasteiger partial charge in [-0.2, -0.15) is 0 Å². The monoisotopic (exact) mass is 261 g/mol. The van der Waals surface area contributed by atoms with Gasteiger partial charge >= 0.3 is 0 Å². The summed E-state index contributed by atoms with van der Waals surface area (Å²) >= 11 is 0. The molecule has 0 bridgehead atoms. The predicted molar refractivity (Wildman–Crippen MR) is 68.5 cm³/mol. The van der Waals surface area contributed by atoms with E-state index in [2.05, 4.69) is 15.5 Å². The van der Waals surface area contributed by atoms with E-state index < -0.39 is 0 Å². The fourth-order valence-electron chi connectivity index (χ4n) is 1.42. The van der Waals surface area contributed by atoms with Crippen molar-refractivity contribution in [1.82, 2.24) is 15.5 Å². The molecule has 0 radical (unpaired) electrons. The van der Waals surface area contributed by atoms with E-state index in [1.165, 1.54) is 0 Å². The first-order valence-electron chi connectivity index (χ1n) is 6.06. The molecule has 0 fully saturated rings. The van der Waals surface area contributed by atoms with Gasteiger partial charge in [0, 0.05) is 12.5 Å². The van der Waals surface area contributed by atoms with Crippen LogP contribution >= 0.6 is 0 Å². The fraction of sp³-hybridized carbons (Fsp3) is 0.308. The first-order valence-corrected chi connectivity index (χ1v) is 6.06. The lowest BCUT2D eigenvalue weighted by atomic mass is 10.3. The van der Waals surface area contributed by atoms with E-state index in [0.29, 0.717) is 36.9 Å². The summed E-state index contributed by atoms with van der Waals surface area (Å²) < 4.78 is 10.6. The van der Waals surface area contributed by atoms with Crippen molar-refractivity contribution >= 4 is 5.91 Å². The first kappa shape index (κ1) is 13.1. The predicted octanol–water partition coefficient (Wildman–Crippen LogP) is 1.64. The Balaban J connectivity index is 1.81. The average molecular weight is 261 g/mol. The van der Waals surface area contributed by atoms with Crippen LogP contribution < -0.4 is 10.1 Å². The highest BCUT2D eigenvalue weighted by Crippen LogP contribution is 2.17. The van der Waals surface area contributed by atoms with E-state index in [4.69, 9.17) is 9.15 Å². The van der Waals surface area contributed by atoms with E-state index in [1.807, 2.05) is 6.07 Å². The third kappa shape index (κ3) is 3.80. The maximum absolute atomic E-state index is 11.0. The van der Waals surface area contributed by atoms with Crippen LogP contribution in [-0.2, 0) is 4.79 Å². The van der Waals surface area contributed by atoms with Gasteiger partial charge in [0.15, 0.2) is 5.76 Å². The van der Waals surface area contributed by atoms with Gasteiger partial charge in [0.05, 0.1) is 12.8 Å². The molecule has 0 unspecified atom stereocenters. The molecule has 2 rings (SSSR count). The molecule has 0 aliphatic carbocycles. The summed E-state index contributed by atoms with van der Waals surface area (Å²) in [6, 6.07) is 7.08. The van der Waals surface area contributed by atoms with E-state index in [-0.39, 0.29) is 5.91 Å². The molecule has 2 heterocycles. The number of hydrogen-bond acceptors (Lipinski definition) is 5. The first-order chi connectivity index (χ1) is 9.29. The largest absolute Gasteiger partial charge is 0.475 e. The second-order valence-corrected chi connectivity index (χ2v) is 3.79. The summed E-state index contributed by atoms with van der Waals surface area (Å²) in [5.41, 5.74) is 0.650. The number of ether oxygens (including phenoxy) is 1. The lowest BCUT2D eigenvalue weighted by Gasteiger charge is -2.05. The van der Waals surface area contributed by atoms with E-state index in [9.17, 15) is 4.79 Å². The maximum atomic E-state index is 11.0. The average Bonchev–Trinajstić information content (AvgIpc) is 2.98. The van der Waals surface area contributed by atoms with Crippen molar-refractivity contribution in [1.29, 1.82) is 0 Å². The molecule has 0 aliphatic rings. The van der Waals surface area contributed by atoms with Crippen LogP contribution in [0.5, 0.6) is 5.88 Å². The number of nitrogens with zero attached hydrogens (tertiary/aromatic N) is 2. The minimum absolute atomic E-state index is 0.00264. The van der Waals surface area contributed by atoms with Crippen LogP contribution in [0.2, 0.25) is 0 Å². The van der Waals surface area contributed by atoms with Crippen LogP contribution in [0.4, 0.5) is 0 Å². The Labute approximate surface area is 110 Å². The highest BCUT2D eigenvalue weighted by molar-refractivity contribution is 5.75. The fourth-order valence-corrected chi connectivity index (χ4v) is 1.42. The van der Waals surface area contributed by atoms with Gasteiger partial charge in [-0.25, -0.2) is 0 Å². The van der Waals surface area contributed by atoms with E-state index in [1.54, 1.807) is 31.4 Å². The van der Waals surface area contributed by atoms with Gasteiger partial charge < -0.3 is 14.5 Å². The summed E-state index contributed by atoms with van der Waals surface area (Å²) in [4.78, 5) is 11.0. The van der Waals surface area contributed by atoms with Crippen molar-refractivity contribution in [3.8, 4) is 17.3 Å². The lowest BCUT2D eigenvalue weighted by Crippen LogP contribution is -2.27. The highest BCUT2D eigenvalue weighted by Gasteiger charge is 2.04. The van der Waals surface area contributed by atoms with Crippen molar-refractivity contribution in [3.63, 3.8) is 0 Å². The molecule has 100 valence electrons. The minimum Gasteiger partial charge on any atom is -0.475 e. The van der Waals surface area contributed by atoms with Gasteiger partial charge in [0.1, 0.15) is 12.3 Å². The van der Waals surface area contributed by atoms with E-state index >= 15 is 0 Å². The van der Waals surface area contributed by atoms with Crippen molar-refractivity contribution < 1.29 is 13.9 Å². The van der Waals surface area contributed by atoms with E-state index in [0.717, 1.165) is 0 Å². The van der Waals surface area contributed by atoms with Gasteiger partial charge in [0.25, 0.3) is 0 Å². The summed E-state index contributed by atoms with van der Waals surface area (Å²) in [7, 11) is 0. The molecule has 0 aromatic carbocycles. The molecule has 0 saturated carbocycles. The summed E-state index contributed by atoms with van der Waals surface area (Å²) in [6.45, 7) is 2.61. The van der Waals surface area contributed by atoms with Crippen LogP contribution in [0.3, 0.4) is 0 Å². The number of carbonyl (C=O) groups excluding carboxylic acids is 1. The van der Waals surface area contributed by atoms with Crippen LogP contribution in [-0.4, -0.2) is 29.3 Å². The van der Waals surface area contributed by atoms with Crippen molar-refractivity contribution in [3.05, 3.63) is 30.5 Å². The Morgan fingerprint density at radius 2 is 2.26 bits per heavy atom. The quantitative estimate of drug-likeness (QED) is 0.800. The molecule has 0 aliphatic heterocycles. The molecule has 0 saturated heterocycles. The molecule has 6 nitrogen and oxygen atoms in total. The zero-order valence-corrected chi connectivity index (χ0v) is 10.6. The Hall–Kier alpha value is -2.37. The number of hydrogen-bond donors (Lipinski definition) is 1. The van der Waals surface area contributed by atoms with Crippen LogP contribution in [0.25, 0.3) is 11.5 Å². The molecule has 1 amide bonds. The van der Waals surface area contributed by atoms with Crippen molar-refractivity contribution in [2.45, 2.75) is 13.3 Å². The second-order valence-electron chi connectivity index (χ2n) is 3.79. The normalized spacial score (nSPS) is 10.2. The molecule has 2 aromatic rings. The lowest BCUT2D eigenvalue weighted by molar-refractivity contribution is -0.120. The molecule has 0 spiro atoms. The summed E-state index contributed by atoms with van der Waals surface area (Å²) in [5, 5.41) is 10.6. The second kappa shape index (κ2) is 6.53. The van der Waals surface area contributed by atoms with Crippen molar-refractivity contribution in [2.24, 2.45) is 0 Å². The van der Waals surface area contributed by atoms with Gasteiger partial charge in [-0.3, -0.25) is 4.79 Å². The molecule has 2 aromatic heterocycles. The topological polar surface area (TPSA) is 77.2 Å². The molecular weight excluding hydrogens is 246 g/mol. The molecule has 1 N–H and O–H groups in total. The number of furan rings is 1. The van der Waals surface area contributed by atoms with Gasteiger partial charge in [0.2, 0.25) is 11.8 Å². The smallest absolute Gasteiger partial charge is 0.233 e. The number of nitrogens with one attached hydrogen (secondary N) is 1. The molecule has 0 atom stereocenters. The van der Waals surface area contributed by atoms with Crippen molar-refractivity contribution in [2.75, 3.05) is 13.2 Å². The zero-order chi connectivity index (χ0) is 13.5. The highest BCUT2D eigenvalue weighted by atomic mass is 16.5. The third-order valence-electron chi connectivity index (χ3n) is 2.41. The van der Waals surface area contributed by atoms with Crippen LogP contribution in [0.15, 0.2) is 34.9 Å². The molecule has 6 heteroatoms. The molecule has 19 heavy (non-hydrogen) atoms. The standard InChI is InChI=1S/C13H15N3O3/c1-2-12(17)14-7-9-19-13-6-5-10(15-16-13)11-4-3-8-18-11/h3-6,8H,2,7,9H2,1H3,(H,14,17). The third-order valence-corrected chi connectivity index (χ3v) is 2.41. The number of amides is 1.